The Kier molecular flexibility index (Phi) is 2.68. The first kappa shape index (κ1) is 10.5. The summed E-state index contributed by atoms with van der Waals surface area (Å²) in [6, 6.07) is 0. The molecule has 4 nitrogen and oxygen atoms in total. The monoisotopic (exact) mass is 206 g/mol. The number of ether oxygens (including phenoxy) is 1. The molecule has 0 bridgehead atoms. The number of hydrogen-bond donors (Lipinski definition) is 0. The minimum Gasteiger partial charge on any atom is -0.384 e. The molecule has 2 atom stereocenters. The lowest BCUT2D eigenvalue weighted by Gasteiger charge is -2.08. The lowest BCUT2D eigenvalue weighted by Crippen LogP contribution is -2.12. The minimum absolute atomic E-state index is 0.0632. The van der Waals surface area contributed by atoms with Gasteiger partial charge in [0.25, 0.3) is 0 Å². The van der Waals surface area contributed by atoms with Gasteiger partial charge >= 0.3 is 10.1 Å². The van der Waals surface area contributed by atoms with Gasteiger partial charge in [-0.2, -0.15) is 8.42 Å². The Morgan fingerprint density at radius 3 is 2.15 bits per heavy atom. The summed E-state index contributed by atoms with van der Waals surface area (Å²) in [4.78, 5) is 0. The van der Waals surface area contributed by atoms with Gasteiger partial charge in [0.15, 0.2) is 0 Å². The predicted octanol–water partition coefficient (Wildman–Crippen LogP) is 1.04. The first-order valence-electron chi connectivity index (χ1n) is 4.07. The summed E-state index contributed by atoms with van der Waals surface area (Å²) in [6.07, 6.45) is 0.694. The molecule has 1 aliphatic rings. The summed E-state index contributed by atoms with van der Waals surface area (Å²) >= 11 is 0. The summed E-state index contributed by atoms with van der Waals surface area (Å²) in [5, 5.41) is 0. The van der Waals surface area contributed by atoms with Crippen LogP contribution in [0.4, 0.5) is 0 Å². The maximum Gasteiger partial charge on any atom is 0.306 e. The molecule has 1 heterocycles. The summed E-state index contributed by atoms with van der Waals surface area (Å²) in [6.45, 7) is 5.45. The molecule has 0 spiro atoms. The van der Waals surface area contributed by atoms with Crippen molar-refractivity contribution in [2.45, 2.75) is 33.0 Å². The molecule has 1 aliphatic heterocycles. The topological polar surface area (TPSA) is 52.6 Å². The Hall–Kier alpha value is -0.550. The van der Waals surface area contributed by atoms with Gasteiger partial charge in [-0.05, 0) is 26.3 Å². The lowest BCUT2D eigenvalue weighted by atomic mass is 10.2. The molecule has 0 aliphatic carbocycles. The van der Waals surface area contributed by atoms with Crippen molar-refractivity contribution in [1.29, 1.82) is 0 Å². The van der Waals surface area contributed by atoms with E-state index in [9.17, 15) is 8.42 Å². The predicted molar refractivity (Wildman–Crippen MR) is 48.6 cm³/mol. The second-order valence-electron chi connectivity index (χ2n) is 3.26. The van der Waals surface area contributed by atoms with Crippen molar-refractivity contribution in [1.82, 2.24) is 0 Å². The fraction of sp³-hybridized carbons (Fsp3) is 0.750. The van der Waals surface area contributed by atoms with Gasteiger partial charge < -0.3 is 8.92 Å². The second kappa shape index (κ2) is 3.31. The summed E-state index contributed by atoms with van der Waals surface area (Å²) in [5.74, 6) is 0.426. The zero-order chi connectivity index (χ0) is 10.2. The summed E-state index contributed by atoms with van der Waals surface area (Å²) < 4.78 is 31.9. The van der Waals surface area contributed by atoms with Gasteiger partial charge in [-0.15, -0.1) is 0 Å². The van der Waals surface area contributed by atoms with Crippen molar-refractivity contribution in [3.05, 3.63) is 11.3 Å². The molecule has 0 radical (unpaired) electrons. The van der Waals surface area contributed by atoms with Gasteiger partial charge in [0, 0.05) is 0 Å². The normalized spacial score (nSPS) is 29.5. The SMILES string of the molecule is CC1=C(OS(C)(=O)=O)C(C)OC1C. The van der Waals surface area contributed by atoms with Crippen molar-refractivity contribution >= 4 is 10.1 Å². The highest BCUT2D eigenvalue weighted by atomic mass is 32.2. The van der Waals surface area contributed by atoms with Crippen LogP contribution in [0, 0.1) is 0 Å². The van der Waals surface area contributed by atoms with E-state index in [1.54, 1.807) is 6.92 Å². The molecular formula is C8H14O4S. The quantitative estimate of drug-likeness (QED) is 0.633. The highest BCUT2D eigenvalue weighted by molar-refractivity contribution is 7.86. The van der Waals surface area contributed by atoms with Crippen LogP contribution in [0.3, 0.4) is 0 Å². The zero-order valence-corrected chi connectivity index (χ0v) is 9.01. The fourth-order valence-corrected chi connectivity index (χ4v) is 1.88. The minimum atomic E-state index is -3.43. The first-order valence-corrected chi connectivity index (χ1v) is 5.88. The van der Waals surface area contributed by atoms with E-state index in [4.69, 9.17) is 8.92 Å². The molecule has 13 heavy (non-hydrogen) atoms. The molecule has 2 unspecified atom stereocenters. The van der Waals surface area contributed by atoms with Crippen molar-refractivity contribution in [3.8, 4) is 0 Å². The van der Waals surface area contributed by atoms with Gasteiger partial charge in [0.05, 0.1) is 12.4 Å². The molecule has 1 rings (SSSR count). The van der Waals surface area contributed by atoms with Crippen molar-refractivity contribution in [2.75, 3.05) is 6.26 Å². The third-order valence-corrected chi connectivity index (χ3v) is 2.50. The number of hydrogen-bond acceptors (Lipinski definition) is 4. The average Bonchev–Trinajstić information content (AvgIpc) is 2.14. The smallest absolute Gasteiger partial charge is 0.306 e. The Balaban J connectivity index is 2.91. The zero-order valence-electron chi connectivity index (χ0n) is 8.20. The van der Waals surface area contributed by atoms with Crippen molar-refractivity contribution in [2.24, 2.45) is 0 Å². The molecule has 76 valence electrons. The molecule has 0 amide bonds. The van der Waals surface area contributed by atoms with Crippen LogP contribution in [0.25, 0.3) is 0 Å². The maximum atomic E-state index is 10.9. The highest BCUT2D eigenvalue weighted by Crippen LogP contribution is 2.28. The third-order valence-electron chi connectivity index (χ3n) is 2.02. The standard InChI is InChI=1S/C8H14O4S/c1-5-6(2)11-7(3)8(5)12-13(4,9)10/h6-7H,1-4H3. The van der Waals surface area contributed by atoms with E-state index < -0.39 is 10.1 Å². The van der Waals surface area contributed by atoms with Crippen LogP contribution in [0.5, 0.6) is 0 Å². The van der Waals surface area contributed by atoms with Crippen molar-refractivity contribution in [3.63, 3.8) is 0 Å². The van der Waals surface area contributed by atoms with Crippen LogP contribution in [0.15, 0.2) is 11.3 Å². The Morgan fingerprint density at radius 2 is 1.85 bits per heavy atom. The van der Waals surface area contributed by atoms with Crippen LogP contribution in [-0.4, -0.2) is 26.9 Å². The van der Waals surface area contributed by atoms with Gasteiger partial charge in [0.2, 0.25) is 0 Å². The molecule has 0 aromatic rings. The van der Waals surface area contributed by atoms with Crippen LogP contribution in [0.1, 0.15) is 20.8 Å². The van der Waals surface area contributed by atoms with Gasteiger partial charge in [-0.25, -0.2) is 0 Å². The maximum absolute atomic E-state index is 10.9. The number of rotatable bonds is 2. The summed E-state index contributed by atoms with van der Waals surface area (Å²) in [7, 11) is -3.43. The lowest BCUT2D eigenvalue weighted by molar-refractivity contribution is 0.0620. The molecule has 5 heteroatoms. The molecule has 0 N–H and O–H groups in total. The van der Waals surface area contributed by atoms with E-state index in [0.717, 1.165) is 11.8 Å². The van der Waals surface area contributed by atoms with E-state index in [0.29, 0.717) is 5.76 Å². The van der Waals surface area contributed by atoms with Crippen LogP contribution >= 0.6 is 0 Å². The van der Waals surface area contributed by atoms with E-state index in [2.05, 4.69) is 0 Å². The molecule has 0 saturated carbocycles. The second-order valence-corrected chi connectivity index (χ2v) is 4.83. The van der Waals surface area contributed by atoms with Gasteiger partial charge in [-0.1, -0.05) is 0 Å². The van der Waals surface area contributed by atoms with E-state index in [-0.39, 0.29) is 12.2 Å². The molecule has 0 fully saturated rings. The molecule has 0 saturated heterocycles. The summed E-state index contributed by atoms with van der Waals surface area (Å²) in [5.41, 5.74) is 0.845. The van der Waals surface area contributed by atoms with Crippen LogP contribution in [-0.2, 0) is 19.0 Å². The van der Waals surface area contributed by atoms with Crippen molar-refractivity contribution < 1.29 is 17.3 Å². The largest absolute Gasteiger partial charge is 0.384 e. The highest BCUT2D eigenvalue weighted by Gasteiger charge is 2.29. The third kappa shape index (κ3) is 2.45. The van der Waals surface area contributed by atoms with Gasteiger partial charge in [-0.3, -0.25) is 0 Å². The van der Waals surface area contributed by atoms with Gasteiger partial charge in [0.1, 0.15) is 11.9 Å². The Bertz CT molecular complexity index is 328. The molecular weight excluding hydrogens is 192 g/mol. The Labute approximate surface area is 78.7 Å². The Morgan fingerprint density at radius 1 is 1.31 bits per heavy atom. The first-order chi connectivity index (χ1) is 5.81. The van der Waals surface area contributed by atoms with E-state index in [1.165, 1.54) is 0 Å². The fourth-order valence-electron chi connectivity index (χ4n) is 1.29. The van der Waals surface area contributed by atoms with Crippen LogP contribution < -0.4 is 0 Å². The van der Waals surface area contributed by atoms with E-state index in [1.807, 2.05) is 13.8 Å². The molecule has 0 aromatic carbocycles. The average molecular weight is 206 g/mol. The van der Waals surface area contributed by atoms with E-state index >= 15 is 0 Å². The van der Waals surface area contributed by atoms with Crippen LogP contribution in [0.2, 0.25) is 0 Å². The molecule has 0 aromatic heterocycles.